The summed E-state index contributed by atoms with van der Waals surface area (Å²) in [5.41, 5.74) is 0.349. The fourth-order valence-electron chi connectivity index (χ4n) is 2.39. The number of anilines is 1. The standard InChI is InChI=1S/C14H19N3O4/c1-14(6-3-7-21-14)9-16-13(18)11-8-10(17(19)20)4-5-12(11)15-2/h4-5,8,15H,3,6-7,9H2,1-2H3,(H,16,18). The predicted octanol–water partition coefficient (Wildman–Crippen LogP) is 1.94. The average molecular weight is 293 g/mol. The van der Waals surface area contributed by atoms with Crippen LogP contribution in [0.5, 0.6) is 0 Å². The molecule has 1 unspecified atom stereocenters. The molecule has 1 atom stereocenters. The maximum atomic E-state index is 12.3. The molecule has 7 nitrogen and oxygen atoms in total. The number of hydrogen-bond acceptors (Lipinski definition) is 5. The second kappa shape index (κ2) is 6.09. The Morgan fingerprint density at radius 1 is 1.52 bits per heavy atom. The summed E-state index contributed by atoms with van der Waals surface area (Å²) in [6.45, 7) is 3.04. The number of ether oxygens (including phenoxy) is 1. The molecule has 0 bridgehead atoms. The fourth-order valence-corrected chi connectivity index (χ4v) is 2.39. The monoisotopic (exact) mass is 293 g/mol. The highest BCUT2D eigenvalue weighted by Crippen LogP contribution is 2.25. The van der Waals surface area contributed by atoms with Crippen molar-refractivity contribution in [3.63, 3.8) is 0 Å². The molecule has 0 aromatic heterocycles. The summed E-state index contributed by atoms with van der Waals surface area (Å²) < 4.78 is 5.61. The molecule has 0 radical (unpaired) electrons. The Labute approximate surface area is 122 Å². The van der Waals surface area contributed by atoms with E-state index in [1.165, 1.54) is 18.2 Å². The lowest BCUT2D eigenvalue weighted by atomic mass is 10.0. The molecule has 0 spiro atoms. The van der Waals surface area contributed by atoms with Crippen LogP contribution in [0.25, 0.3) is 0 Å². The van der Waals surface area contributed by atoms with E-state index < -0.39 is 4.92 Å². The quantitative estimate of drug-likeness (QED) is 0.639. The molecule has 1 fully saturated rings. The van der Waals surface area contributed by atoms with E-state index in [4.69, 9.17) is 4.74 Å². The number of nitrogens with one attached hydrogen (secondary N) is 2. The van der Waals surface area contributed by atoms with Gasteiger partial charge in [0.25, 0.3) is 11.6 Å². The van der Waals surface area contributed by atoms with Gasteiger partial charge in [-0.2, -0.15) is 0 Å². The van der Waals surface area contributed by atoms with E-state index in [2.05, 4.69) is 10.6 Å². The zero-order valence-corrected chi connectivity index (χ0v) is 12.1. The molecule has 1 saturated heterocycles. The Bertz CT molecular complexity index is 553. The number of benzene rings is 1. The van der Waals surface area contributed by atoms with Crippen molar-refractivity contribution in [3.05, 3.63) is 33.9 Å². The molecular formula is C14H19N3O4. The lowest BCUT2D eigenvalue weighted by Crippen LogP contribution is -2.40. The molecule has 1 heterocycles. The maximum Gasteiger partial charge on any atom is 0.270 e. The molecule has 1 aliphatic rings. The lowest BCUT2D eigenvalue weighted by Gasteiger charge is -2.23. The van der Waals surface area contributed by atoms with E-state index in [-0.39, 0.29) is 22.8 Å². The zero-order valence-electron chi connectivity index (χ0n) is 12.1. The number of nitrogens with zero attached hydrogens (tertiary/aromatic N) is 1. The van der Waals surface area contributed by atoms with Gasteiger partial charge in [-0.25, -0.2) is 0 Å². The summed E-state index contributed by atoms with van der Waals surface area (Å²) in [5, 5.41) is 16.5. The summed E-state index contributed by atoms with van der Waals surface area (Å²) in [6, 6.07) is 4.17. The van der Waals surface area contributed by atoms with Crippen LogP contribution >= 0.6 is 0 Å². The predicted molar refractivity (Wildman–Crippen MR) is 78.6 cm³/mol. The minimum atomic E-state index is -0.516. The van der Waals surface area contributed by atoms with Crippen LogP contribution in [0.3, 0.4) is 0 Å². The van der Waals surface area contributed by atoms with Crippen molar-refractivity contribution in [2.24, 2.45) is 0 Å². The van der Waals surface area contributed by atoms with Crippen molar-refractivity contribution in [1.82, 2.24) is 5.32 Å². The summed E-state index contributed by atoms with van der Waals surface area (Å²) in [5.74, 6) is -0.347. The molecule has 21 heavy (non-hydrogen) atoms. The summed E-state index contributed by atoms with van der Waals surface area (Å²) in [4.78, 5) is 22.6. The van der Waals surface area contributed by atoms with Crippen molar-refractivity contribution in [3.8, 4) is 0 Å². The van der Waals surface area contributed by atoms with Crippen LogP contribution in [0, 0.1) is 10.1 Å². The van der Waals surface area contributed by atoms with E-state index >= 15 is 0 Å². The van der Waals surface area contributed by atoms with Gasteiger partial charge in [0.15, 0.2) is 0 Å². The third-order valence-electron chi connectivity index (χ3n) is 3.65. The van der Waals surface area contributed by atoms with Crippen LogP contribution < -0.4 is 10.6 Å². The van der Waals surface area contributed by atoms with Crippen LogP contribution in [-0.4, -0.2) is 36.6 Å². The first-order valence-corrected chi connectivity index (χ1v) is 6.83. The number of amides is 1. The van der Waals surface area contributed by atoms with Crippen molar-refractivity contribution in [2.75, 3.05) is 25.5 Å². The lowest BCUT2D eigenvalue weighted by molar-refractivity contribution is -0.384. The molecule has 1 aromatic carbocycles. The minimum Gasteiger partial charge on any atom is -0.387 e. The number of non-ortho nitro benzene ring substituents is 1. The van der Waals surface area contributed by atoms with E-state index in [1.807, 2.05) is 6.92 Å². The second-order valence-corrected chi connectivity index (χ2v) is 5.32. The van der Waals surface area contributed by atoms with Gasteiger partial charge in [0.05, 0.1) is 16.1 Å². The molecule has 1 amide bonds. The van der Waals surface area contributed by atoms with Gasteiger partial charge < -0.3 is 15.4 Å². The van der Waals surface area contributed by atoms with Gasteiger partial charge in [0.1, 0.15) is 0 Å². The van der Waals surface area contributed by atoms with Crippen LogP contribution in [0.4, 0.5) is 11.4 Å². The van der Waals surface area contributed by atoms with Crippen LogP contribution in [0.15, 0.2) is 18.2 Å². The Morgan fingerprint density at radius 2 is 2.29 bits per heavy atom. The van der Waals surface area contributed by atoms with Crippen molar-refractivity contribution in [1.29, 1.82) is 0 Å². The van der Waals surface area contributed by atoms with Gasteiger partial charge >= 0.3 is 0 Å². The largest absolute Gasteiger partial charge is 0.387 e. The number of carbonyl (C=O) groups excluding carboxylic acids is 1. The third kappa shape index (κ3) is 3.49. The molecule has 1 aromatic rings. The molecule has 114 valence electrons. The van der Waals surface area contributed by atoms with Gasteiger partial charge in [0, 0.05) is 38.0 Å². The number of nitro groups is 1. The molecule has 2 rings (SSSR count). The Balaban J connectivity index is 2.13. The fraction of sp³-hybridized carbons (Fsp3) is 0.500. The van der Waals surface area contributed by atoms with E-state index in [1.54, 1.807) is 7.05 Å². The first-order valence-electron chi connectivity index (χ1n) is 6.83. The van der Waals surface area contributed by atoms with Gasteiger partial charge in [-0.15, -0.1) is 0 Å². The van der Waals surface area contributed by atoms with E-state index in [0.29, 0.717) is 18.8 Å². The third-order valence-corrected chi connectivity index (χ3v) is 3.65. The summed E-state index contributed by atoms with van der Waals surface area (Å²) in [7, 11) is 1.67. The molecule has 2 N–H and O–H groups in total. The van der Waals surface area contributed by atoms with Crippen molar-refractivity contribution < 1.29 is 14.5 Å². The van der Waals surface area contributed by atoms with Gasteiger partial charge in [-0.05, 0) is 25.8 Å². The summed E-state index contributed by atoms with van der Waals surface area (Å²) >= 11 is 0. The average Bonchev–Trinajstić information content (AvgIpc) is 2.91. The molecule has 0 saturated carbocycles. The zero-order chi connectivity index (χ0) is 15.5. The summed E-state index contributed by atoms with van der Waals surface area (Å²) in [6.07, 6.45) is 1.87. The van der Waals surface area contributed by atoms with Crippen LogP contribution in [0.1, 0.15) is 30.1 Å². The molecule has 7 heteroatoms. The first-order chi connectivity index (χ1) is 9.95. The molecule has 1 aliphatic heterocycles. The number of nitro benzene ring substituents is 1. The number of hydrogen-bond donors (Lipinski definition) is 2. The normalized spacial score (nSPS) is 21.0. The Morgan fingerprint density at radius 3 is 2.86 bits per heavy atom. The maximum absolute atomic E-state index is 12.3. The SMILES string of the molecule is CNc1ccc([N+](=O)[O-])cc1C(=O)NCC1(C)CCCO1. The molecular weight excluding hydrogens is 274 g/mol. The van der Waals surface area contributed by atoms with Gasteiger partial charge in [0.2, 0.25) is 0 Å². The van der Waals surface area contributed by atoms with Gasteiger partial charge in [-0.1, -0.05) is 0 Å². The Kier molecular flexibility index (Phi) is 4.42. The topological polar surface area (TPSA) is 93.5 Å². The highest BCUT2D eigenvalue weighted by molar-refractivity contribution is 6.00. The smallest absolute Gasteiger partial charge is 0.270 e. The minimum absolute atomic E-state index is 0.109. The molecule has 0 aliphatic carbocycles. The highest BCUT2D eigenvalue weighted by Gasteiger charge is 2.30. The Hall–Kier alpha value is -2.15. The van der Waals surface area contributed by atoms with Crippen molar-refractivity contribution in [2.45, 2.75) is 25.4 Å². The number of rotatable bonds is 5. The highest BCUT2D eigenvalue weighted by atomic mass is 16.6. The van der Waals surface area contributed by atoms with Crippen LogP contribution in [0.2, 0.25) is 0 Å². The van der Waals surface area contributed by atoms with Crippen LogP contribution in [-0.2, 0) is 4.74 Å². The van der Waals surface area contributed by atoms with Gasteiger partial charge in [-0.3, -0.25) is 14.9 Å². The number of carbonyl (C=O) groups is 1. The van der Waals surface area contributed by atoms with E-state index in [0.717, 1.165) is 12.8 Å². The van der Waals surface area contributed by atoms with E-state index in [9.17, 15) is 14.9 Å². The van der Waals surface area contributed by atoms with Crippen molar-refractivity contribution >= 4 is 17.3 Å². The first kappa shape index (κ1) is 15.2. The second-order valence-electron chi connectivity index (χ2n) is 5.32.